The largest absolute Gasteiger partial charge is 0.309 e. The Labute approximate surface area is 270 Å². The fourth-order valence-corrected chi connectivity index (χ4v) is 6.67. The van der Waals surface area contributed by atoms with Crippen molar-refractivity contribution in [1.29, 1.82) is 0 Å². The zero-order valence-corrected chi connectivity index (χ0v) is 26.5. The highest BCUT2D eigenvalue weighted by Gasteiger charge is 2.38. The number of para-hydroxylation sites is 2. The van der Waals surface area contributed by atoms with Gasteiger partial charge in [0.1, 0.15) is 0 Å². The zero-order valence-electron chi connectivity index (χ0n) is 26.5. The summed E-state index contributed by atoms with van der Waals surface area (Å²) in [6, 6.07) is 45.9. The molecule has 6 aromatic carbocycles. The third-order valence-electron chi connectivity index (χ3n) is 9.20. The molecule has 0 fully saturated rings. The highest BCUT2D eigenvalue weighted by Crippen LogP contribution is 2.53. The van der Waals surface area contributed by atoms with Crippen LogP contribution in [0.25, 0.3) is 11.1 Å². The van der Waals surface area contributed by atoms with Crippen LogP contribution in [0, 0.1) is 13.8 Å². The highest BCUT2D eigenvalue weighted by atomic mass is 16.1. The summed E-state index contributed by atoms with van der Waals surface area (Å²) in [5, 5.41) is 0. The molecule has 1 aliphatic rings. The normalized spacial score (nSPS) is 13.1. The van der Waals surface area contributed by atoms with E-state index in [4.69, 9.17) is 0 Å². The molecule has 0 aromatic heterocycles. The number of rotatable bonds is 6. The van der Waals surface area contributed by atoms with Crippen molar-refractivity contribution in [3.05, 3.63) is 184 Å². The number of hydrogen-bond donors (Lipinski definition) is 0. The zero-order chi connectivity index (χ0) is 32.0. The number of carbonyl (C=O) groups excluding carboxylic acids is 2. The molecule has 1 heterocycles. The van der Waals surface area contributed by atoms with Gasteiger partial charge in [0.05, 0.1) is 22.6 Å². The van der Waals surface area contributed by atoms with Crippen molar-refractivity contribution in [2.45, 2.75) is 33.1 Å². The quantitative estimate of drug-likeness (QED) is 0.179. The average molecular weight is 598 g/mol. The fourth-order valence-electron chi connectivity index (χ4n) is 6.67. The Morgan fingerprint density at radius 1 is 0.500 bits per heavy atom. The molecule has 3 nitrogen and oxygen atoms in total. The number of ketones is 2. The Morgan fingerprint density at radius 2 is 0.978 bits per heavy atom. The second-order valence-corrected chi connectivity index (χ2v) is 12.7. The number of hydrogen-bond acceptors (Lipinski definition) is 3. The number of aryl methyl sites for hydroxylation is 2. The van der Waals surface area contributed by atoms with E-state index in [9.17, 15) is 9.59 Å². The fraction of sp³-hybridized carbons (Fsp3) is 0.116. The van der Waals surface area contributed by atoms with Crippen LogP contribution in [0.1, 0.15) is 67.9 Å². The van der Waals surface area contributed by atoms with Crippen LogP contribution >= 0.6 is 0 Å². The first-order valence-electron chi connectivity index (χ1n) is 15.7. The van der Waals surface area contributed by atoms with Gasteiger partial charge in [-0.1, -0.05) is 140 Å². The van der Waals surface area contributed by atoms with Gasteiger partial charge in [0.2, 0.25) is 0 Å². The minimum absolute atomic E-state index is 0.0910. The van der Waals surface area contributed by atoms with Crippen LogP contribution < -0.4 is 4.90 Å². The smallest absolute Gasteiger partial charge is 0.195 e. The van der Waals surface area contributed by atoms with E-state index in [1.165, 1.54) is 0 Å². The van der Waals surface area contributed by atoms with Gasteiger partial charge in [0.15, 0.2) is 11.6 Å². The lowest BCUT2D eigenvalue weighted by atomic mass is 9.73. The Morgan fingerprint density at radius 3 is 1.52 bits per heavy atom. The van der Waals surface area contributed by atoms with Crippen LogP contribution in [0.4, 0.5) is 17.1 Å². The summed E-state index contributed by atoms with van der Waals surface area (Å²) in [5.74, 6) is -0.186. The molecular formula is C43H35NO2. The van der Waals surface area contributed by atoms with Crippen LogP contribution in [0.2, 0.25) is 0 Å². The van der Waals surface area contributed by atoms with E-state index in [0.717, 1.165) is 44.8 Å². The summed E-state index contributed by atoms with van der Waals surface area (Å²) < 4.78 is 0. The van der Waals surface area contributed by atoms with E-state index in [1.807, 2.05) is 117 Å². The Bertz CT molecular complexity index is 2060. The lowest BCUT2D eigenvalue weighted by molar-refractivity contribution is 0.102. The Balaban J connectivity index is 1.59. The molecule has 1 aliphatic heterocycles. The number of carbonyl (C=O) groups is 2. The number of benzene rings is 6. The highest BCUT2D eigenvalue weighted by molar-refractivity contribution is 6.20. The topological polar surface area (TPSA) is 37.4 Å². The van der Waals surface area contributed by atoms with Crippen molar-refractivity contribution in [1.82, 2.24) is 0 Å². The Kier molecular flexibility index (Phi) is 7.25. The van der Waals surface area contributed by atoms with E-state index < -0.39 is 0 Å². The van der Waals surface area contributed by atoms with Gasteiger partial charge in [0, 0.05) is 22.1 Å². The third-order valence-corrected chi connectivity index (χ3v) is 9.20. The van der Waals surface area contributed by atoms with Crippen molar-refractivity contribution in [3.8, 4) is 11.1 Å². The minimum Gasteiger partial charge on any atom is -0.309 e. The molecule has 0 unspecified atom stereocenters. The first kappa shape index (κ1) is 29.2. The van der Waals surface area contributed by atoms with Gasteiger partial charge < -0.3 is 4.90 Å². The maximum Gasteiger partial charge on any atom is 0.195 e. The standard InChI is InChI=1S/C43H35NO2/c1-28-18-22-31(23-19-28)41(45)33-26-34(30-12-6-5-7-13-30)40(42(46)32-24-20-29(2)21-25-32)39(27-33)44-37-16-10-8-14-35(37)43(3,4)36-15-9-11-17-38(36)44/h5-27H,1-4H3. The van der Waals surface area contributed by atoms with Gasteiger partial charge >= 0.3 is 0 Å². The predicted octanol–water partition coefficient (Wildman–Crippen LogP) is 10.5. The summed E-state index contributed by atoms with van der Waals surface area (Å²) in [6.07, 6.45) is 0. The number of fused-ring (bicyclic) bond motifs is 2. The molecule has 0 saturated heterocycles. The third kappa shape index (κ3) is 4.95. The molecule has 3 heteroatoms. The molecule has 0 spiro atoms. The molecular weight excluding hydrogens is 562 g/mol. The maximum absolute atomic E-state index is 14.8. The van der Waals surface area contributed by atoms with E-state index >= 15 is 0 Å². The van der Waals surface area contributed by atoms with Gasteiger partial charge in [-0.25, -0.2) is 0 Å². The summed E-state index contributed by atoms with van der Waals surface area (Å²) >= 11 is 0. The molecule has 7 rings (SSSR count). The monoisotopic (exact) mass is 597 g/mol. The summed E-state index contributed by atoms with van der Waals surface area (Å²) in [5.41, 5.74) is 10.7. The van der Waals surface area contributed by atoms with Crippen LogP contribution in [0.3, 0.4) is 0 Å². The van der Waals surface area contributed by atoms with Gasteiger partial charge in [-0.05, 0) is 60.4 Å². The second kappa shape index (κ2) is 11.4. The van der Waals surface area contributed by atoms with E-state index in [-0.39, 0.29) is 17.0 Å². The van der Waals surface area contributed by atoms with Crippen molar-refractivity contribution >= 4 is 28.6 Å². The predicted molar refractivity (Wildman–Crippen MR) is 188 cm³/mol. The summed E-state index contributed by atoms with van der Waals surface area (Å²) in [6.45, 7) is 8.52. The molecule has 0 N–H and O–H groups in total. The van der Waals surface area contributed by atoms with Gasteiger partial charge in [-0.2, -0.15) is 0 Å². The molecule has 46 heavy (non-hydrogen) atoms. The second-order valence-electron chi connectivity index (χ2n) is 12.7. The number of anilines is 3. The first-order valence-corrected chi connectivity index (χ1v) is 15.7. The van der Waals surface area contributed by atoms with E-state index in [2.05, 4.69) is 55.1 Å². The van der Waals surface area contributed by atoms with Crippen molar-refractivity contribution in [3.63, 3.8) is 0 Å². The molecule has 0 bridgehead atoms. The number of nitrogens with zero attached hydrogens (tertiary/aromatic N) is 1. The van der Waals surface area contributed by atoms with Crippen molar-refractivity contribution in [2.75, 3.05) is 4.90 Å². The van der Waals surface area contributed by atoms with Crippen LogP contribution in [0.15, 0.2) is 140 Å². The average Bonchev–Trinajstić information content (AvgIpc) is 3.08. The molecule has 6 aromatic rings. The van der Waals surface area contributed by atoms with Crippen LogP contribution in [-0.2, 0) is 5.41 Å². The van der Waals surface area contributed by atoms with Crippen molar-refractivity contribution < 1.29 is 9.59 Å². The van der Waals surface area contributed by atoms with Gasteiger partial charge in [-0.15, -0.1) is 0 Å². The molecule has 0 saturated carbocycles. The van der Waals surface area contributed by atoms with Crippen LogP contribution in [0.5, 0.6) is 0 Å². The molecule has 0 amide bonds. The maximum atomic E-state index is 14.8. The van der Waals surface area contributed by atoms with Crippen molar-refractivity contribution in [2.24, 2.45) is 0 Å². The van der Waals surface area contributed by atoms with E-state index in [1.54, 1.807) is 0 Å². The molecule has 0 atom stereocenters. The first-order chi connectivity index (χ1) is 22.2. The van der Waals surface area contributed by atoms with E-state index in [0.29, 0.717) is 27.9 Å². The lowest BCUT2D eigenvalue weighted by Gasteiger charge is -2.42. The molecule has 0 aliphatic carbocycles. The van der Waals surface area contributed by atoms with Gasteiger partial charge in [0.25, 0.3) is 0 Å². The summed E-state index contributed by atoms with van der Waals surface area (Å²) in [4.78, 5) is 31.3. The van der Waals surface area contributed by atoms with Gasteiger partial charge in [-0.3, -0.25) is 9.59 Å². The molecule has 0 radical (unpaired) electrons. The Hall–Kier alpha value is -5.54. The SMILES string of the molecule is Cc1ccc(C(=O)c2cc(-c3ccccc3)c(C(=O)c3ccc(C)cc3)c(N3c4ccccc4C(C)(C)c4ccccc43)c2)cc1. The lowest BCUT2D eigenvalue weighted by Crippen LogP contribution is -2.31. The molecule has 224 valence electrons. The minimum atomic E-state index is -0.275. The summed E-state index contributed by atoms with van der Waals surface area (Å²) in [7, 11) is 0. The van der Waals surface area contributed by atoms with Crippen LogP contribution in [-0.4, -0.2) is 11.6 Å².